The zero-order valence-electron chi connectivity index (χ0n) is 19.5. The third-order valence-corrected chi connectivity index (χ3v) is 5.88. The molecule has 5 rings (SSSR count). The zero-order chi connectivity index (χ0) is 23.3. The Balaban J connectivity index is 1.32. The Labute approximate surface area is 199 Å². The first kappa shape index (κ1) is 22.2. The number of aromatic nitrogens is 4. The van der Waals surface area contributed by atoms with Crippen molar-refractivity contribution in [2.24, 2.45) is 0 Å². The maximum absolute atomic E-state index is 5.68. The molecule has 2 aliphatic rings. The summed E-state index contributed by atoms with van der Waals surface area (Å²) in [5.74, 6) is 4.00. The number of nitrogens with one attached hydrogen (secondary N) is 5. The van der Waals surface area contributed by atoms with E-state index in [9.17, 15) is 0 Å². The first-order chi connectivity index (χ1) is 16.6. The number of rotatable bonds is 8. The van der Waals surface area contributed by atoms with E-state index >= 15 is 0 Å². The highest BCUT2D eigenvalue weighted by molar-refractivity contribution is 5.60. The molecule has 2 aromatic heterocycles. The van der Waals surface area contributed by atoms with Crippen LogP contribution < -0.4 is 26.3 Å². The number of aromatic amines is 1. The first-order valence-electron chi connectivity index (χ1n) is 11.7. The van der Waals surface area contributed by atoms with Crippen LogP contribution in [0.5, 0.6) is 0 Å². The quantitative estimate of drug-likeness (QED) is 0.345. The minimum absolute atomic E-state index is 0.0261. The predicted molar refractivity (Wildman–Crippen MR) is 133 cm³/mol. The van der Waals surface area contributed by atoms with E-state index in [1.54, 1.807) is 0 Å². The van der Waals surface area contributed by atoms with Gasteiger partial charge in [0.15, 0.2) is 5.82 Å². The minimum atomic E-state index is 0.0261. The second-order valence-corrected chi connectivity index (χ2v) is 8.76. The molecule has 0 amide bonds. The molecule has 2 aliphatic heterocycles. The van der Waals surface area contributed by atoms with E-state index in [0.29, 0.717) is 24.2 Å². The first-order valence-corrected chi connectivity index (χ1v) is 11.7. The fourth-order valence-electron chi connectivity index (χ4n) is 3.94. The molecule has 10 heteroatoms. The second-order valence-electron chi connectivity index (χ2n) is 8.76. The van der Waals surface area contributed by atoms with Gasteiger partial charge in [-0.3, -0.25) is 5.10 Å². The monoisotopic (exact) mass is 461 g/mol. The van der Waals surface area contributed by atoms with Gasteiger partial charge in [-0.1, -0.05) is 44.2 Å². The average molecular weight is 462 g/mol. The van der Waals surface area contributed by atoms with Crippen LogP contribution in [0.4, 0.5) is 23.4 Å². The number of nitrogens with zero attached hydrogens (tertiary/aromatic N) is 4. The minimum Gasteiger partial charge on any atom is -0.411 e. The zero-order valence-corrected chi connectivity index (χ0v) is 19.5. The number of anilines is 4. The molecule has 1 saturated heterocycles. The van der Waals surface area contributed by atoms with E-state index in [4.69, 9.17) is 9.82 Å². The Bertz CT molecular complexity index is 1120. The van der Waals surface area contributed by atoms with Gasteiger partial charge in [0, 0.05) is 44.0 Å². The van der Waals surface area contributed by atoms with Gasteiger partial charge in [-0.2, -0.15) is 15.1 Å². The summed E-state index contributed by atoms with van der Waals surface area (Å²) in [5.41, 5.74) is 5.29. The van der Waals surface area contributed by atoms with Crippen LogP contribution in [-0.4, -0.2) is 52.9 Å². The summed E-state index contributed by atoms with van der Waals surface area (Å²) in [6.45, 7) is 8.38. The predicted octanol–water partition coefficient (Wildman–Crippen LogP) is 3.05. The van der Waals surface area contributed by atoms with Crippen LogP contribution >= 0.6 is 0 Å². The van der Waals surface area contributed by atoms with Crippen molar-refractivity contribution in [3.8, 4) is 0 Å². The van der Waals surface area contributed by atoms with E-state index in [1.165, 1.54) is 0 Å². The van der Waals surface area contributed by atoms with Crippen molar-refractivity contribution in [2.75, 3.05) is 48.3 Å². The third-order valence-electron chi connectivity index (χ3n) is 5.88. The van der Waals surface area contributed by atoms with Gasteiger partial charge in [-0.15, -0.1) is 5.48 Å². The lowest BCUT2D eigenvalue weighted by Crippen LogP contribution is -2.44. The van der Waals surface area contributed by atoms with Crippen LogP contribution in [-0.2, 0) is 4.84 Å². The van der Waals surface area contributed by atoms with Crippen LogP contribution in [0.2, 0.25) is 0 Å². The Hall–Kier alpha value is -3.63. The Kier molecular flexibility index (Phi) is 6.59. The van der Waals surface area contributed by atoms with Gasteiger partial charge in [0.1, 0.15) is 17.4 Å². The molecule has 1 aromatic carbocycles. The van der Waals surface area contributed by atoms with Crippen molar-refractivity contribution >= 4 is 23.4 Å². The maximum Gasteiger partial charge on any atom is 0.227 e. The molecular formula is C24H31N9O. The highest BCUT2D eigenvalue weighted by atomic mass is 16.7. The van der Waals surface area contributed by atoms with Gasteiger partial charge < -0.3 is 25.7 Å². The van der Waals surface area contributed by atoms with Gasteiger partial charge in [0.2, 0.25) is 5.95 Å². The summed E-state index contributed by atoms with van der Waals surface area (Å²) in [5, 5.41) is 17.5. The van der Waals surface area contributed by atoms with E-state index in [1.807, 2.05) is 30.3 Å². The lowest BCUT2D eigenvalue weighted by Gasteiger charge is -2.28. The van der Waals surface area contributed by atoms with Gasteiger partial charge >= 0.3 is 0 Å². The number of hydroxylamine groups is 1. The lowest BCUT2D eigenvalue weighted by molar-refractivity contribution is 0.116. The van der Waals surface area contributed by atoms with E-state index < -0.39 is 0 Å². The molecule has 178 valence electrons. The fraction of sp³-hybridized carbons (Fsp3) is 0.375. The maximum atomic E-state index is 5.68. The Morgan fingerprint density at radius 1 is 1.09 bits per heavy atom. The summed E-state index contributed by atoms with van der Waals surface area (Å²) in [7, 11) is 0. The molecule has 1 unspecified atom stereocenters. The molecule has 5 N–H and O–H groups in total. The number of hydrogen-bond donors (Lipinski definition) is 5. The smallest absolute Gasteiger partial charge is 0.227 e. The Morgan fingerprint density at radius 2 is 1.91 bits per heavy atom. The molecule has 0 saturated carbocycles. The van der Waals surface area contributed by atoms with Crippen LogP contribution in [0.25, 0.3) is 0 Å². The summed E-state index contributed by atoms with van der Waals surface area (Å²) in [6, 6.07) is 14.2. The van der Waals surface area contributed by atoms with Crippen molar-refractivity contribution in [3.63, 3.8) is 0 Å². The summed E-state index contributed by atoms with van der Waals surface area (Å²) in [6.07, 6.45) is 2.07. The number of benzene rings is 1. The summed E-state index contributed by atoms with van der Waals surface area (Å²) in [4.78, 5) is 17.4. The van der Waals surface area contributed by atoms with Crippen LogP contribution in [0.1, 0.15) is 37.1 Å². The van der Waals surface area contributed by atoms with Crippen molar-refractivity contribution in [2.45, 2.75) is 25.8 Å². The van der Waals surface area contributed by atoms with E-state index in [0.717, 1.165) is 54.8 Å². The summed E-state index contributed by atoms with van der Waals surface area (Å²) < 4.78 is 0. The van der Waals surface area contributed by atoms with Crippen molar-refractivity contribution in [3.05, 3.63) is 65.6 Å². The molecule has 34 heavy (non-hydrogen) atoms. The van der Waals surface area contributed by atoms with Crippen LogP contribution in [0.15, 0.2) is 54.3 Å². The number of piperazine rings is 1. The fourth-order valence-corrected chi connectivity index (χ4v) is 3.94. The number of H-pyrrole nitrogens is 1. The van der Waals surface area contributed by atoms with E-state index in [-0.39, 0.29) is 6.04 Å². The van der Waals surface area contributed by atoms with Gasteiger partial charge in [0.05, 0.1) is 12.6 Å². The lowest BCUT2D eigenvalue weighted by atomic mass is 10.1. The molecule has 10 nitrogen and oxygen atoms in total. The van der Waals surface area contributed by atoms with Gasteiger partial charge in [-0.05, 0) is 17.6 Å². The standard InChI is InChI=1S/C24H31N9O/c1-16(2)19-13-22(31-30-19)27-21-14-23(33-10-8-25-9-11-33)29-24(28-21)26-15-18-12-20(32-34-18)17-6-4-3-5-7-17/h3-7,12-14,16,20,25,32H,8-11,15H2,1-2H3,(H3,26,27,28,29,30,31). The topological polar surface area (TPSA) is 115 Å². The molecule has 1 fully saturated rings. The van der Waals surface area contributed by atoms with Crippen LogP contribution in [0.3, 0.4) is 0 Å². The SMILES string of the molecule is CC(C)c1cc(Nc2cc(N3CCNCC3)nc(NCC3=CC(c4ccccc4)NO3)n2)n[nH]1. The molecule has 0 bridgehead atoms. The molecule has 0 spiro atoms. The highest BCUT2D eigenvalue weighted by Gasteiger charge is 2.19. The van der Waals surface area contributed by atoms with Crippen molar-refractivity contribution in [1.29, 1.82) is 0 Å². The van der Waals surface area contributed by atoms with Gasteiger partial charge in [0.25, 0.3) is 0 Å². The third kappa shape index (κ3) is 5.29. The second kappa shape index (κ2) is 10.1. The average Bonchev–Trinajstić information content (AvgIpc) is 3.54. The summed E-state index contributed by atoms with van der Waals surface area (Å²) >= 11 is 0. The van der Waals surface area contributed by atoms with Crippen molar-refractivity contribution < 1.29 is 4.84 Å². The molecule has 4 heterocycles. The Morgan fingerprint density at radius 3 is 2.68 bits per heavy atom. The van der Waals surface area contributed by atoms with Crippen LogP contribution in [0, 0.1) is 0 Å². The largest absolute Gasteiger partial charge is 0.411 e. The highest BCUT2D eigenvalue weighted by Crippen LogP contribution is 2.25. The molecule has 0 radical (unpaired) electrons. The molecule has 3 aromatic rings. The van der Waals surface area contributed by atoms with E-state index in [2.05, 4.69) is 73.6 Å². The normalized spacial score (nSPS) is 18.0. The number of hydrogen-bond acceptors (Lipinski definition) is 9. The molecule has 0 aliphatic carbocycles. The van der Waals surface area contributed by atoms with Crippen molar-refractivity contribution in [1.82, 2.24) is 31.0 Å². The van der Waals surface area contributed by atoms with Gasteiger partial charge in [-0.25, -0.2) is 0 Å². The molecular weight excluding hydrogens is 430 g/mol. The molecule has 1 atom stereocenters.